The summed E-state index contributed by atoms with van der Waals surface area (Å²) >= 11 is 5.98. The van der Waals surface area contributed by atoms with Crippen molar-refractivity contribution in [1.29, 1.82) is 0 Å². The molecule has 2 aromatic rings. The molecule has 0 aromatic heterocycles. The van der Waals surface area contributed by atoms with Gasteiger partial charge in [0.25, 0.3) is 0 Å². The summed E-state index contributed by atoms with van der Waals surface area (Å²) in [6.45, 7) is 6.46. The van der Waals surface area contributed by atoms with Gasteiger partial charge in [-0.1, -0.05) is 41.4 Å². The number of amides is 1. The molecule has 0 aliphatic carbocycles. The van der Waals surface area contributed by atoms with Crippen molar-refractivity contribution in [3.63, 3.8) is 0 Å². The molecule has 1 unspecified atom stereocenters. The second-order valence-corrected chi connectivity index (χ2v) is 10.6. The van der Waals surface area contributed by atoms with Crippen molar-refractivity contribution in [1.82, 2.24) is 9.62 Å². The van der Waals surface area contributed by atoms with Crippen LogP contribution in [0.2, 0.25) is 5.02 Å². The largest absolute Gasteiger partial charge is 0.349 e. The third kappa shape index (κ3) is 5.64. The molecule has 2 aromatic carbocycles. The van der Waals surface area contributed by atoms with Gasteiger partial charge < -0.3 is 5.32 Å². The highest BCUT2D eigenvalue weighted by Crippen LogP contribution is 2.27. The van der Waals surface area contributed by atoms with Crippen molar-refractivity contribution in [2.24, 2.45) is 5.92 Å². The minimum atomic E-state index is -3.73. The number of hydrogen-bond donors (Lipinski definition) is 1. The van der Waals surface area contributed by atoms with Crippen LogP contribution >= 0.6 is 11.6 Å². The van der Waals surface area contributed by atoms with Crippen LogP contribution in [-0.4, -0.2) is 31.7 Å². The molecule has 1 amide bonds. The lowest BCUT2D eigenvalue weighted by Crippen LogP contribution is -2.43. The Labute approximate surface area is 188 Å². The Morgan fingerprint density at radius 1 is 1.23 bits per heavy atom. The fraction of sp³-hybridized carbons (Fsp3) is 0.435. The number of carbonyl (C=O) groups is 1. The van der Waals surface area contributed by atoms with Crippen molar-refractivity contribution in [3.05, 3.63) is 69.5 Å². The fourth-order valence-electron chi connectivity index (χ4n) is 4.06. The van der Waals surface area contributed by atoms with Gasteiger partial charge in [-0.05, 0) is 56.9 Å². The van der Waals surface area contributed by atoms with Gasteiger partial charge in [-0.2, -0.15) is 0 Å². The van der Waals surface area contributed by atoms with E-state index in [0.29, 0.717) is 12.8 Å². The third-order valence-electron chi connectivity index (χ3n) is 5.86. The van der Waals surface area contributed by atoms with Crippen molar-refractivity contribution in [3.8, 4) is 0 Å². The lowest BCUT2D eigenvalue weighted by atomic mass is 9.95. The molecule has 8 heteroatoms. The van der Waals surface area contributed by atoms with Crippen LogP contribution in [0.1, 0.15) is 48.1 Å². The van der Waals surface area contributed by atoms with Gasteiger partial charge in [0.1, 0.15) is 5.82 Å². The van der Waals surface area contributed by atoms with Crippen molar-refractivity contribution >= 4 is 27.5 Å². The summed E-state index contributed by atoms with van der Waals surface area (Å²) in [5, 5.41) is 3.16. The SMILES string of the molecule is Cc1ccc(C(C)NC(=O)C2CCN(S(=O)(=O)Cc3c(F)cccc3Cl)CC2)c(C)c1. The van der Waals surface area contributed by atoms with Crippen molar-refractivity contribution in [2.75, 3.05) is 13.1 Å². The molecule has 1 heterocycles. The van der Waals surface area contributed by atoms with Crippen LogP contribution < -0.4 is 5.32 Å². The van der Waals surface area contributed by atoms with Crippen LogP contribution in [0.3, 0.4) is 0 Å². The molecule has 1 N–H and O–H groups in total. The number of benzene rings is 2. The van der Waals surface area contributed by atoms with E-state index >= 15 is 0 Å². The number of carbonyl (C=O) groups excluding carboxylic acids is 1. The molecule has 168 valence electrons. The summed E-state index contributed by atoms with van der Waals surface area (Å²) < 4.78 is 40.9. The molecule has 0 radical (unpaired) electrons. The van der Waals surface area contributed by atoms with Gasteiger partial charge in [-0.25, -0.2) is 17.1 Å². The number of hydrogen-bond acceptors (Lipinski definition) is 3. The second kappa shape index (κ2) is 9.67. The first-order chi connectivity index (χ1) is 14.6. The maximum atomic E-state index is 14.0. The molecule has 0 bridgehead atoms. The van der Waals surface area contributed by atoms with E-state index in [4.69, 9.17) is 11.6 Å². The van der Waals surface area contributed by atoms with E-state index in [2.05, 4.69) is 11.4 Å². The molecule has 5 nitrogen and oxygen atoms in total. The Bertz CT molecular complexity index is 1050. The Kier molecular flexibility index (Phi) is 7.39. The zero-order chi connectivity index (χ0) is 22.8. The molecular weight excluding hydrogens is 439 g/mol. The van der Waals surface area contributed by atoms with E-state index in [1.807, 2.05) is 32.9 Å². The zero-order valence-electron chi connectivity index (χ0n) is 18.0. The van der Waals surface area contributed by atoms with Crippen molar-refractivity contribution < 1.29 is 17.6 Å². The predicted octanol–water partition coefficient (Wildman–Crippen LogP) is 4.52. The topological polar surface area (TPSA) is 66.5 Å². The van der Waals surface area contributed by atoms with E-state index in [1.54, 1.807) is 0 Å². The maximum Gasteiger partial charge on any atom is 0.223 e. The first-order valence-electron chi connectivity index (χ1n) is 10.4. The van der Waals surface area contributed by atoms with Gasteiger partial charge in [-0.3, -0.25) is 4.79 Å². The van der Waals surface area contributed by atoms with Gasteiger partial charge in [0.05, 0.1) is 11.8 Å². The van der Waals surface area contributed by atoms with E-state index < -0.39 is 21.6 Å². The third-order valence-corrected chi connectivity index (χ3v) is 8.02. The molecule has 1 aliphatic rings. The number of aryl methyl sites for hydroxylation is 2. The summed E-state index contributed by atoms with van der Waals surface area (Å²) in [5.74, 6) is -1.44. The highest BCUT2D eigenvalue weighted by atomic mass is 35.5. The summed E-state index contributed by atoms with van der Waals surface area (Å²) in [6.07, 6.45) is 0.853. The summed E-state index contributed by atoms with van der Waals surface area (Å²) in [4.78, 5) is 12.8. The number of sulfonamides is 1. The highest BCUT2D eigenvalue weighted by molar-refractivity contribution is 7.88. The minimum Gasteiger partial charge on any atom is -0.349 e. The standard InChI is InChI=1S/C23H28ClFN2O3S/c1-15-7-8-19(16(2)13-15)17(3)26-23(28)18-9-11-27(12-10-18)31(29,30)14-20-21(24)5-4-6-22(20)25/h4-8,13,17-18H,9-12,14H2,1-3H3,(H,26,28). The fourth-order valence-corrected chi connectivity index (χ4v) is 5.98. The molecule has 1 saturated heterocycles. The molecule has 1 aliphatic heterocycles. The van der Waals surface area contributed by atoms with Crippen LogP contribution in [0.5, 0.6) is 0 Å². The van der Waals surface area contributed by atoms with Crippen LogP contribution in [0.4, 0.5) is 4.39 Å². The molecule has 0 spiro atoms. The summed E-state index contributed by atoms with van der Waals surface area (Å²) in [7, 11) is -3.73. The van der Waals surface area contributed by atoms with Crippen LogP contribution in [0.25, 0.3) is 0 Å². The average molecular weight is 467 g/mol. The lowest BCUT2D eigenvalue weighted by molar-refractivity contribution is -0.126. The van der Waals surface area contributed by atoms with E-state index in [1.165, 1.54) is 28.1 Å². The normalized spacial score (nSPS) is 16.8. The van der Waals surface area contributed by atoms with Gasteiger partial charge in [0.15, 0.2) is 0 Å². The van der Waals surface area contributed by atoms with Crippen LogP contribution in [0, 0.1) is 25.6 Å². The molecule has 1 fully saturated rings. The Hall–Kier alpha value is -1.96. The summed E-state index contributed by atoms with van der Waals surface area (Å²) in [6, 6.07) is 10.1. The smallest absolute Gasteiger partial charge is 0.223 e. The van der Waals surface area contributed by atoms with Gasteiger partial charge >= 0.3 is 0 Å². The number of nitrogens with one attached hydrogen (secondary N) is 1. The average Bonchev–Trinajstić information content (AvgIpc) is 2.71. The zero-order valence-corrected chi connectivity index (χ0v) is 19.6. The first kappa shape index (κ1) is 23.7. The number of halogens is 2. The van der Waals surface area contributed by atoms with E-state index in [9.17, 15) is 17.6 Å². The monoisotopic (exact) mass is 466 g/mol. The Morgan fingerprint density at radius 2 is 1.90 bits per heavy atom. The first-order valence-corrected chi connectivity index (χ1v) is 12.4. The lowest BCUT2D eigenvalue weighted by Gasteiger charge is -2.31. The maximum absolute atomic E-state index is 14.0. The van der Waals surface area contributed by atoms with Gasteiger partial charge in [-0.15, -0.1) is 0 Å². The van der Waals surface area contributed by atoms with Gasteiger partial charge in [0, 0.05) is 29.6 Å². The Morgan fingerprint density at radius 3 is 2.52 bits per heavy atom. The molecular formula is C23H28ClFN2O3S. The molecule has 1 atom stereocenters. The molecule has 3 rings (SSSR count). The highest BCUT2D eigenvalue weighted by Gasteiger charge is 2.32. The number of rotatable bonds is 6. The molecule has 31 heavy (non-hydrogen) atoms. The summed E-state index contributed by atoms with van der Waals surface area (Å²) in [5.41, 5.74) is 3.35. The van der Waals surface area contributed by atoms with Crippen molar-refractivity contribution in [2.45, 2.75) is 45.4 Å². The predicted molar refractivity (Wildman–Crippen MR) is 121 cm³/mol. The van der Waals surface area contributed by atoms with Crippen LogP contribution in [-0.2, 0) is 20.6 Å². The number of nitrogens with zero attached hydrogens (tertiary/aromatic N) is 1. The second-order valence-electron chi connectivity index (χ2n) is 8.22. The van der Waals surface area contributed by atoms with E-state index in [0.717, 1.165) is 11.1 Å². The quantitative estimate of drug-likeness (QED) is 0.680. The Balaban J connectivity index is 1.59. The van der Waals surface area contributed by atoms with Crippen LogP contribution in [0.15, 0.2) is 36.4 Å². The van der Waals surface area contributed by atoms with Gasteiger partial charge in [0.2, 0.25) is 15.9 Å². The van der Waals surface area contributed by atoms with E-state index in [-0.39, 0.29) is 41.5 Å². The number of piperidine rings is 1. The molecule has 0 saturated carbocycles. The minimum absolute atomic E-state index is 0.0219.